The molecule has 0 spiro atoms. The minimum Gasteiger partial charge on any atom is -0.493 e. The van der Waals surface area contributed by atoms with E-state index in [0.29, 0.717) is 37.4 Å². The Morgan fingerprint density at radius 2 is 1.89 bits per heavy atom. The van der Waals surface area contributed by atoms with Crippen molar-refractivity contribution in [1.82, 2.24) is 4.90 Å². The molecule has 1 saturated heterocycles. The standard InChI is InChI=1S/C28H22IN3O5S/c1-17-7-9-21(10-8-17)31-25(33)16-37-26-22(29)11-18(12-23(26)36-2)13-24-27(34)32(28(35)38-24)15-20-6-4-3-5-19(20)14-30/h3-13H,15-16H2,1-2H3,(H,31,33)/b24-13+. The maximum atomic E-state index is 13.0. The molecule has 1 fully saturated rings. The van der Waals surface area contributed by atoms with E-state index in [-0.39, 0.29) is 24.0 Å². The quantitative estimate of drug-likeness (QED) is 0.248. The van der Waals surface area contributed by atoms with E-state index in [9.17, 15) is 19.6 Å². The number of nitrogens with one attached hydrogen (secondary N) is 1. The number of halogens is 1. The largest absolute Gasteiger partial charge is 0.493 e. The summed E-state index contributed by atoms with van der Waals surface area (Å²) in [6, 6.07) is 19.8. The number of methoxy groups -OCH3 is 1. The van der Waals surface area contributed by atoms with Gasteiger partial charge in [0.15, 0.2) is 18.1 Å². The number of benzene rings is 3. The highest BCUT2D eigenvalue weighted by atomic mass is 127. The maximum absolute atomic E-state index is 13.0. The second kappa shape index (κ2) is 12.1. The summed E-state index contributed by atoms with van der Waals surface area (Å²) >= 11 is 2.90. The molecular weight excluding hydrogens is 617 g/mol. The Balaban J connectivity index is 1.47. The highest BCUT2D eigenvalue weighted by Crippen LogP contribution is 2.38. The number of carbonyl (C=O) groups is 3. The molecule has 1 heterocycles. The number of ether oxygens (including phenoxy) is 2. The molecule has 8 nitrogen and oxygen atoms in total. The number of amides is 3. The summed E-state index contributed by atoms with van der Waals surface area (Å²) in [5.74, 6) is 0.0243. The van der Waals surface area contributed by atoms with Crippen LogP contribution in [0, 0.1) is 21.8 Å². The van der Waals surface area contributed by atoms with E-state index >= 15 is 0 Å². The van der Waals surface area contributed by atoms with Crippen LogP contribution in [-0.2, 0) is 16.1 Å². The summed E-state index contributed by atoms with van der Waals surface area (Å²) in [6.45, 7) is 1.76. The SMILES string of the molecule is COc1cc(/C=C2/SC(=O)N(Cc3ccccc3C#N)C2=O)cc(I)c1OCC(=O)Nc1ccc(C)cc1. The minimum absolute atomic E-state index is 0.0179. The molecule has 192 valence electrons. The number of imide groups is 1. The lowest BCUT2D eigenvalue weighted by Gasteiger charge is -2.14. The van der Waals surface area contributed by atoms with Crippen LogP contribution in [0.2, 0.25) is 0 Å². The Morgan fingerprint density at radius 1 is 1.16 bits per heavy atom. The smallest absolute Gasteiger partial charge is 0.293 e. The molecular formula is C28H22IN3O5S. The van der Waals surface area contributed by atoms with E-state index in [0.717, 1.165) is 22.2 Å². The number of nitriles is 1. The Bertz CT molecular complexity index is 1480. The van der Waals surface area contributed by atoms with Crippen LogP contribution < -0.4 is 14.8 Å². The fourth-order valence-corrected chi connectivity index (χ4v) is 5.28. The Morgan fingerprint density at radius 3 is 2.61 bits per heavy atom. The highest BCUT2D eigenvalue weighted by Gasteiger charge is 2.35. The van der Waals surface area contributed by atoms with Gasteiger partial charge in [0.05, 0.1) is 33.8 Å². The predicted octanol–water partition coefficient (Wildman–Crippen LogP) is 5.73. The third-order valence-corrected chi connectivity index (χ3v) is 7.28. The first-order valence-electron chi connectivity index (χ1n) is 11.4. The fraction of sp³-hybridized carbons (Fsp3) is 0.143. The number of thioether (sulfide) groups is 1. The van der Waals surface area contributed by atoms with Crippen molar-refractivity contribution >= 4 is 63.2 Å². The first-order chi connectivity index (χ1) is 18.3. The lowest BCUT2D eigenvalue weighted by molar-refractivity contribution is -0.123. The molecule has 3 aromatic rings. The van der Waals surface area contributed by atoms with Gasteiger partial charge in [0.2, 0.25) is 0 Å². The monoisotopic (exact) mass is 639 g/mol. The zero-order chi connectivity index (χ0) is 27.2. The molecule has 4 rings (SSSR count). The number of nitrogens with zero attached hydrogens (tertiary/aromatic N) is 2. The number of rotatable bonds is 8. The lowest BCUT2D eigenvalue weighted by Crippen LogP contribution is -2.27. The van der Waals surface area contributed by atoms with Gasteiger partial charge in [0.1, 0.15) is 0 Å². The van der Waals surface area contributed by atoms with Crippen LogP contribution in [0.3, 0.4) is 0 Å². The van der Waals surface area contributed by atoms with E-state index in [2.05, 4.69) is 34.0 Å². The zero-order valence-corrected chi connectivity index (χ0v) is 23.5. The van der Waals surface area contributed by atoms with Crippen LogP contribution in [0.15, 0.2) is 65.6 Å². The summed E-state index contributed by atoms with van der Waals surface area (Å²) in [7, 11) is 1.48. The van der Waals surface area contributed by atoms with Crippen LogP contribution in [0.4, 0.5) is 10.5 Å². The summed E-state index contributed by atoms with van der Waals surface area (Å²) in [6.07, 6.45) is 1.61. The van der Waals surface area contributed by atoms with Crippen molar-refractivity contribution in [3.63, 3.8) is 0 Å². The zero-order valence-electron chi connectivity index (χ0n) is 20.5. The van der Waals surface area contributed by atoms with Crippen LogP contribution >= 0.6 is 34.4 Å². The van der Waals surface area contributed by atoms with Gasteiger partial charge in [-0.1, -0.05) is 35.9 Å². The van der Waals surface area contributed by atoms with Gasteiger partial charge in [0.25, 0.3) is 17.1 Å². The van der Waals surface area contributed by atoms with E-state index in [1.165, 1.54) is 7.11 Å². The van der Waals surface area contributed by atoms with Gasteiger partial charge < -0.3 is 14.8 Å². The van der Waals surface area contributed by atoms with Gasteiger partial charge >= 0.3 is 0 Å². The first-order valence-corrected chi connectivity index (χ1v) is 13.3. The molecule has 3 amide bonds. The second-order valence-corrected chi connectivity index (χ2v) is 10.4. The Labute approximate surface area is 237 Å². The molecule has 0 radical (unpaired) electrons. The molecule has 3 aromatic carbocycles. The van der Waals surface area contributed by atoms with Gasteiger partial charge in [-0.3, -0.25) is 19.3 Å². The average Bonchev–Trinajstić information content (AvgIpc) is 3.16. The molecule has 0 unspecified atom stereocenters. The van der Waals surface area contributed by atoms with Gasteiger partial charge in [-0.15, -0.1) is 0 Å². The van der Waals surface area contributed by atoms with E-state index in [1.54, 1.807) is 42.5 Å². The topological polar surface area (TPSA) is 109 Å². The summed E-state index contributed by atoms with van der Waals surface area (Å²) < 4.78 is 11.9. The molecule has 0 aliphatic carbocycles. The molecule has 0 saturated carbocycles. The molecule has 1 aliphatic heterocycles. The average molecular weight is 639 g/mol. The third-order valence-electron chi connectivity index (χ3n) is 5.57. The van der Waals surface area contributed by atoms with Crippen LogP contribution in [-0.4, -0.2) is 35.7 Å². The molecule has 1 N–H and O–H groups in total. The third kappa shape index (κ3) is 6.35. The number of carbonyl (C=O) groups excluding carboxylic acids is 3. The Kier molecular flexibility index (Phi) is 8.70. The molecule has 0 aromatic heterocycles. The molecule has 38 heavy (non-hydrogen) atoms. The second-order valence-electron chi connectivity index (χ2n) is 8.27. The molecule has 0 atom stereocenters. The number of aryl methyl sites for hydroxylation is 1. The van der Waals surface area contributed by atoms with E-state index in [1.807, 2.05) is 31.2 Å². The van der Waals surface area contributed by atoms with Crippen molar-refractivity contribution in [2.24, 2.45) is 0 Å². The normalized spacial score (nSPS) is 13.9. The molecule has 0 bridgehead atoms. The summed E-state index contributed by atoms with van der Waals surface area (Å²) in [4.78, 5) is 39.3. The van der Waals surface area contributed by atoms with Crippen molar-refractivity contribution in [1.29, 1.82) is 5.26 Å². The van der Waals surface area contributed by atoms with Crippen molar-refractivity contribution in [3.05, 3.63) is 91.4 Å². The Hall–Kier alpha value is -3.82. The van der Waals surface area contributed by atoms with Gasteiger partial charge in [-0.05, 0) is 88.8 Å². The number of anilines is 1. The molecule has 10 heteroatoms. The van der Waals surface area contributed by atoms with Crippen LogP contribution in [0.5, 0.6) is 11.5 Å². The minimum atomic E-state index is -0.435. The fourth-order valence-electron chi connectivity index (χ4n) is 3.66. The summed E-state index contributed by atoms with van der Waals surface area (Å²) in [5.41, 5.74) is 3.41. The van der Waals surface area contributed by atoms with E-state index < -0.39 is 11.1 Å². The van der Waals surface area contributed by atoms with Crippen molar-refractivity contribution < 1.29 is 23.9 Å². The first kappa shape index (κ1) is 27.2. The van der Waals surface area contributed by atoms with Crippen LogP contribution in [0.1, 0.15) is 22.3 Å². The van der Waals surface area contributed by atoms with Crippen molar-refractivity contribution in [2.75, 3.05) is 19.0 Å². The van der Waals surface area contributed by atoms with E-state index in [4.69, 9.17) is 9.47 Å². The lowest BCUT2D eigenvalue weighted by atomic mass is 10.1. The van der Waals surface area contributed by atoms with Gasteiger partial charge in [0, 0.05) is 5.69 Å². The van der Waals surface area contributed by atoms with Gasteiger partial charge in [-0.2, -0.15) is 5.26 Å². The highest BCUT2D eigenvalue weighted by molar-refractivity contribution is 14.1. The molecule has 1 aliphatic rings. The van der Waals surface area contributed by atoms with Gasteiger partial charge in [-0.25, -0.2) is 0 Å². The predicted molar refractivity (Wildman–Crippen MR) is 154 cm³/mol. The van der Waals surface area contributed by atoms with Crippen LogP contribution in [0.25, 0.3) is 6.08 Å². The van der Waals surface area contributed by atoms with Crippen molar-refractivity contribution in [3.8, 4) is 17.6 Å². The van der Waals surface area contributed by atoms with Crippen molar-refractivity contribution in [2.45, 2.75) is 13.5 Å². The summed E-state index contributed by atoms with van der Waals surface area (Å²) in [5, 5.41) is 11.7. The number of hydrogen-bond acceptors (Lipinski definition) is 7. The number of hydrogen-bond donors (Lipinski definition) is 1. The maximum Gasteiger partial charge on any atom is 0.293 e.